The highest BCUT2D eigenvalue weighted by molar-refractivity contribution is 14.1. The first-order chi connectivity index (χ1) is 13.4. The number of hydrogen-bond donors (Lipinski definition) is 0. The first kappa shape index (κ1) is 21.4. The second-order valence-corrected chi connectivity index (χ2v) is 8.96. The van der Waals surface area contributed by atoms with Gasteiger partial charge in [-0.3, -0.25) is 9.69 Å². The molecule has 1 fully saturated rings. The van der Waals surface area contributed by atoms with Gasteiger partial charge in [0, 0.05) is 5.02 Å². The lowest BCUT2D eigenvalue weighted by Gasteiger charge is -2.14. The molecule has 0 aliphatic carbocycles. The van der Waals surface area contributed by atoms with E-state index in [1.165, 1.54) is 16.7 Å². The molecule has 2 aromatic carbocycles. The van der Waals surface area contributed by atoms with Crippen molar-refractivity contribution in [3.63, 3.8) is 0 Å². The van der Waals surface area contributed by atoms with E-state index in [0.29, 0.717) is 38.9 Å². The topological polar surface area (TPSA) is 38.8 Å². The van der Waals surface area contributed by atoms with Gasteiger partial charge in [-0.05, 0) is 84.5 Å². The molecule has 0 unspecified atom stereocenters. The lowest BCUT2D eigenvalue weighted by Crippen LogP contribution is -2.27. The van der Waals surface area contributed by atoms with Crippen molar-refractivity contribution in [1.82, 2.24) is 0 Å². The third kappa shape index (κ3) is 4.64. The highest BCUT2D eigenvalue weighted by Crippen LogP contribution is 2.39. The molecular weight excluding hydrogens is 529 g/mol. The van der Waals surface area contributed by atoms with Crippen molar-refractivity contribution in [2.45, 2.75) is 13.8 Å². The number of halogens is 2. The average Bonchev–Trinajstić information content (AvgIpc) is 2.93. The molecule has 0 spiro atoms. The van der Waals surface area contributed by atoms with E-state index < -0.39 is 0 Å². The number of amides is 1. The molecule has 2 aromatic rings. The Balaban J connectivity index is 1.94. The van der Waals surface area contributed by atoms with E-state index >= 15 is 0 Å². The highest BCUT2D eigenvalue weighted by atomic mass is 127. The fourth-order valence-electron chi connectivity index (χ4n) is 2.65. The molecule has 1 aliphatic heterocycles. The maximum Gasteiger partial charge on any atom is 0.270 e. The minimum Gasteiger partial charge on any atom is -0.490 e. The number of benzene rings is 2. The second kappa shape index (κ2) is 9.47. The van der Waals surface area contributed by atoms with Crippen molar-refractivity contribution in [2.24, 2.45) is 0 Å². The number of nitrogens with zero attached hydrogens (tertiary/aromatic N) is 1. The molecule has 1 heterocycles. The van der Waals surface area contributed by atoms with Crippen LogP contribution < -0.4 is 14.4 Å². The summed E-state index contributed by atoms with van der Waals surface area (Å²) in [6, 6.07) is 10.9. The molecule has 0 atom stereocenters. The number of anilines is 1. The third-order valence-corrected chi connectivity index (χ3v) is 6.15. The van der Waals surface area contributed by atoms with E-state index in [1.54, 1.807) is 24.3 Å². The Hall–Kier alpha value is -1.29. The summed E-state index contributed by atoms with van der Waals surface area (Å²) in [5.41, 5.74) is 1.56. The van der Waals surface area contributed by atoms with Crippen LogP contribution in [0.5, 0.6) is 11.5 Å². The Morgan fingerprint density at radius 2 is 1.86 bits per heavy atom. The van der Waals surface area contributed by atoms with E-state index in [4.69, 9.17) is 33.3 Å². The van der Waals surface area contributed by atoms with Gasteiger partial charge in [-0.15, -0.1) is 0 Å². The van der Waals surface area contributed by atoms with Crippen LogP contribution in [0.4, 0.5) is 5.69 Å². The SMILES string of the molecule is CCOc1cc(/C=C2\SC(=S)N(c3ccc(Cl)cc3)C2=O)cc(I)c1OCC. The van der Waals surface area contributed by atoms with Crippen LogP contribution in [-0.4, -0.2) is 23.4 Å². The standard InChI is InChI=1S/C20H17ClINO3S2/c1-3-25-16-10-12(9-15(22)18(16)26-4-2)11-17-19(24)23(20(27)28-17)14-7-5-13(21)6-8-14/h5-11H,3-4H2,1-2H3/b17-11-. The van der Waals surface area contributed by atoms with Crippen molar-refractivity contribution in [3.05, 3.63) is 55.5 Å². The monoisotopic (exact) mass is 545 g/mol. The van der Waals surface area contributed by atoms with Gasteiger partial charge in [0.15, 0.2) is 15.8 Å². The van der Waals surface area contributed by atoms with Crippen molar-refractivity contribution in [3.8, 4) is 11.5 Å². The van der Waals surface area contributed by atoms with Gasteiger partial charge in [-0.25, -0.2) is 0 Å². The van der Waals surface area contributed by atoms with Gasteiger partial charge in [0.2, 0.25) is 0 Å². The van der Waals surface area contributed by atoms with Crippen molar-refractivity contribution in [1.29, 1.82) is 0 Å². The van der Waals surface area contributed by atoms with Crippen LogP contribution in [-0.2, 0) is 4.79 Å². The smallest absolute Gasteiger partial charge is 0.270 e. The zero-order valence-corrected chi connectivity index (χ0v) is 19.7. The Morgan fingerprint density at radius 3 is 2.50 bits per heavy atom. The lowest BCUT2D eigenvalue weighted by atomic mass is 10.1. The minimum absolute atomic E-state index is 0.154. The van der Waals surface area contributed by atoms with Crippen LogP contribution in [0, 0.1) is 3.57 Å². The van der Waals surface area contributed by atoms with Gasteiger partial charge in [0.25, 0.3) is 5.91 Å². The quantitative estimate of drug-likeness (QED) is 0.247. The zero-order valence-electron chi connectivity index (χ0n) is 15.2. The summed E-state index contributed by atoms with van der Waals surface area (Å²) in [6.45, 7) is 4.93. The van der Waals surface area contributed by atoms with Gasteiger partial charge >= 0.3 is 0 Å². The van der Waals surface area contributed by atoms with E-state index in [9.17, 15) is 4.79 Å². The lowest BCUT2D eigenvalue weighted by molar-refractivity contribution is -0.113. The summed E-state index contributed by atoms with van der Waals surface area (Å²) in [5, 5.41) is 0.608. The van der Waals surface area contributed by atoms with E-state index in [0.717, 1.165) is 14.9 Å². The molecule has 28 heavy (non-hydrogen) atoms. The molecule has 0 N–H and O–H groups in total. The van der Waals surface area contributed by atoms with Gasteiger partial charge in [0.1, 0.15) is 0 Å². The molecule has 0 saturated carbocycles. The summed E-state index contributed by atoms with van der Waals surface area (Å²) >= 11 is 14.9. The summed E-state index contributed by atoms with van der Waals surface area (Å²) < 4.78 is 12.8. The molecule has 146 valence electrons. The number of thiocarbonyl (C=S) groups is 1. The van der Waals surface area contributed by atoms with Crippen LogP contribution in [0.1, 0.15) is 19.4 Å². The number of ether oxygens (including phenoxy) is 2. The first-order valence-corrected chi connectivity index (χ1v) is 11.2. The van der Waals surface area contributed by atoms with Crippen LogP contribution in [0.25, 0.3) is 6.08 Å². The number of carbonyl (C=O) groups excluding carboxylic acids is 1. The van der Waals surface area contributed by atoms with Crippen LogP contribution in [0.15, 0.2) is 41.3 Å². The van der Waals surface area contributed by atoms with Gasteiger partial charge < -0.3 is 9.47 Å². The number of hydrogen-bond acceptors (Lipinski definition) is 5. The van der Waals surface area contributed by atoms with Crippen molar-refractivity contribution in [2.75, 3.05) is 18.1 Å². The average molecular weight is 546 g/mol. The van der Waals surface area contributed by atoms with Gasteiger partial charge in [-0.1, -0.05) is 35.6 Å². The summed E-state index contributed by atoms with van der Waals surface area (Å²) in [7, 11) is 0. The summed E-state index contributed by atoms with van der Waals surface area (Å²) in [4.78, 5) is 15.0. The van der Waals surface area contributed by atoms with E-state index in [-0.39, 0.29) is 5.91 Å². The van der Waals surface area contributed by atoms with E-state index in [1.807, 2.05) is 32.1 Å². The van der Waals surface area contributed by atoms with Crippen LogP contribution in [0.3, 0.4) is 0 Å². The molecular formula is C20H17ClINO3S2. The third-order valence-electron chi connectivity index (χ3n) is 3.80. The van der Waals surface area contributed by atoms with Gasteiger partial charge in [0.05, 0.1) is 27.4 Å². The van der Waals surface area contributed by atoms with Crippen LogP contribution in [0.2, 0.25) is 5.02 Å². The molecule has 1 aliphatic rings. The van der Waals surface area contributed by atoms with E-state index in [2.05, 4.69) is 22.6 Å². The Kier molecular flexibility index (Phi) is 7.25. The summed E-state index contributed by atoms with van der Waals surface area (Å²) in [6.07, 6.45) is 1.83. The van der Waals surface area contributed by atoms with Gasteiger partial charge in [-0.2, -0.15) is 0 Å². The zero-order chi connectivity index (χ0) is 20.3. The molecule has 3 rings (SSSR count). The Morgan fingerprint density at radius 1 is 1.18 bits per heavy atom. The number of thioether (sulfide) groups is 1. The fraction of sp³-hybridized carbons (Fsp3) is 0.200. The minimum atomic E-state index is -0.154. The van der Waals surface area contributed by atoms with Crippen LogP contribution >= 0.6 is 58.2 Å². The maximum absolute atomic E-state index is 12.9. The Bertz CT molecular complexity index is 947. The normalized spacial score (nSPS) is 15.4. The van der Waals surface area contributed by atoms with Crippen molar-refractivity contribution < 1.29 is 14.3 Å². The Labute approximate surface area is 192 Å². The largest absolute Gasteiger partial charge is 0.490 e. The number of carbonyl (C=O) groups is 1. The second-order valence-electron chi connectivity index (χ2n) is 5.69. The molecule has 1 saturated heterocycles. The highest BCUT2D eigenvalue weighted by Gasteiger charge is 2.33. The maximum atomic E-state index is 12.9. The molecule has 0 aromatic heterocycles. The predicted molar refractivity (Wildman–Crippen MR) is 129 cm³/mol. The molecule has 0 bridgehead atoms. The molecule has 4 nitrogen and oxygen atoms in total. The molecule has 8 heteroatoms. The first-order valence-electron chi connectivity index (χ1n) is 8.57. The summed E-state index contributed by atoms with van der Waals surface area (Å²) in [5.74, 6) is 1.23. The molecule has 0 radical (unpaired) electrons. The predicted octanol–water partition coefficient (Wildman–Crippen LogP) is 6.15. The fourth-order valence-corrected chi connectivity index (χ4v) is 4.86. The number of rotatable bonds is 6. The molecule has 1 amide bonds. The van der Waals surface area contributed by atoms with Crippen molar-refractivity contribution >= 4 is 80.2 Å².